The highest BCUT2D eigenvalue weighted by Gasteiger charge is 2.45. The number of rotatable bonds is 8. The summed E-state index contributed by atoms with van der Waals surface area (Å²) in [6, 6.07) is 25.0. The van der Waals surface area contributed by atoms with E-state index in [-0.39, 0.29) is 12.0 Å². The van der Waals surface area contributed by atoms with Crippen LogP contribution in [0.4, 0.5) is 0 Å². The maximum Gasteiger partial charge on any atom is 0.213 e. The van der Waals surface area contributed by atoms with Gasteiger partial charge in [0.2, 0.25) is 5.69 Å². The summed E-state index contributed by atoms with van der Waals surface area (Å²) in [5.41, 5.74) is 15.6. The highest BCUT2D eigenvalue weighted by Crippen LogP contribution is 2.49. The third-order valence-electron chi connectivity index (χ3n) is 9.26. The molecule has 0 saturated heterocycles. The van der Waals surface area contributed by atoms with E-state index >= 15 is 0 Å². The fraction of sp³-hybridized carbons (Fsp3) is 0.300. The summed E-state index contributed by atoms with van der Waals surface area (Å²) in [6.07, 6.45) is 8.76. The summed E-state index contributed by atoms with van der Waals surface area (Å²) in [4.78, 5) is 0. The molecule has 0 aliphatic carbocycles. The Morgan fingerprint density at radius 3 is 2.19 bits per heavy atom. The number of hydrogen-bond donors (Lipinski definition) is 0. The van der Waals surface area contributed by atoms with Crippen molar-refractivity contribution >= 4 is 8.40 Å². The first-order chi connectivity index (χ1) is 20.2. The Morgan fingerprint density at radius 1 is 0.857 bits per heavy atom. The lowest BCUT2D eigenvalue weighted by Gasteiger charge is -2.38. The van der Waals surface area contributed by atoms with Crippen LogP contribution in [0, 0.1) is 26.7 Å². The standard InChI is InChI=1S/C40H46NSi/c1-10-17-31(26(3)4)40(39-33-21-13-12-20-32(33)37-22-14-15-23-41(37)36(39)11-2)42-25-35(27(5)6)34(24-30(42)9)38-28(7)18-16-19-29(38)8/h10-27,36,39-40H,1-2H2,3-9H3/q+1/b31-17+. The molecule has 0 spiro atoms. The van der Waals surface area contributed by atoms with Crippen molar-refractivity contribution in [1.82, 2.24) is 0 Å². The van der Waals surface area contributed by atoms with Crippen molar-refractivity contribution in [1.29, 1.82) is 0 Å². The molecule has 3 atom stereocenters. The first-order valence-electron chi connectivity index (χ1n) is 15.4. The minimum Gasteiger partial charge on any atom is -0.191 e. The smallest absolute Gasteiger partial charge is 0.191 e. The van der Waals surface area contributed by atoms with Crippen molar-refractivity contribution in [3.05, 3.63) is 143 Å². The van der Waals surface area contributed by atoms with E-state index in [4.69, 9.17) is 0 Å². The lowest BCUT2D eigenvalue weighted by atomic mass is 9.77. The number of fused-ring (bicyclic) bond motifs is 3. The molecule has 0 N–H and O–H groups in total. The van der Waals surface area contributed by atoms with E-state index in [1.54, 1.807) is 0 Å². The molecule has 2 aromatic carbocycles. The van der Waals surface area contributed by atoms with Gasteiger partial charge in [-0.05, 0) is 84.2 Å². The average Bonchev–Trinajstić information content (AvgIpc) is 2.97. The fourth-order valence-corrected chi connectivity index (χ4v) is 10.9. The second kappa shape index (κ2) is 12.3. The number of hydrogen-bond acceptors (Lipinski definition) is 0. The van der Waals surface area contributed by atoms with Crippen LogP contribution in [0.5, 0.6) is 0 Å². The zero-order valence-electron chi connectivity index (χ0n) is 26.5. The van der Waals surface area contributed by atoms with Crippen LogP contribution in [0.2, 0.25) is 0 Å². The molecule has 0 radical (unpaired) electrons. The third kappa shape index (κ3) is 5.22. The van der Waals surface area contributed by atoms with Crippen LogP contribution in [0.15, 0.2) is 116 Å². The van der Waals surface area contributed by atoms with Gasteiger partial charge in [0.15, 0.2) is 12.2 Å². The summed E-state index contributed by atoms with van der Waals surface area (Å²) in [7, 11) is -1.17. The summed E-state index contributed by atoms with van der Waals surface area (Å²) in [6.45, 7) is 25.0. The molecular weight excluding hydrogens is 523 g/mol. The molecule has 0 fully saturated rings. The molecule has 0 amide bonds. The normalized spacial score (nSPS) is 17.1. The molecule has 42 heavy (non-hydrogen) atoms. The number of aromatic nitrogens is 1. The molecule has 1 aliphatic heterocycles. The molecule has 4 aromatic rings. The SMILES string of the molecule is C=C/C=C(\C(C)C)C(C1c2ccccc2-c2cccc[n+]2C1C=C)[si]1cc(C(C)C)c(-c2c(C)cccc2C)cc1C. The number of nitrogens with zero attached hydrogens (tertiary/aromatic N) is 1. The van der Waals surface area contributed by atoms with E-state index in [1.807, 2.05) is 6.08 Å². The Morgan fingerprint density at radius 2 is 1.55 bits per heavy atom. The van der Waals surface area contributed by atoms with Gasteiger partial charge in [0, 0.05) is 31.6 Å². The van der Waals surface area contributed by atoms with Gasteiger partial charge in [-0.3, -0.25) is 0 Å². The van der Waals surface area contributed by atoms with Crippen molar-refractivity contribution in [2.45, 2.75) is 71.9 Å². The first kappa shape index (κ1) is 29.9. The summed E-state index contributed by atoms with van der Waals surface area (Å²) in [5, 5.41) is 1.52. The molecule has 1 nitrogen and oxygen atoms in total. The van der Waals surface area contributed by atoms with E-state index in [1.165, 1.54) is 55.4 Å². The van der Waals surface area contributed by atoms with E-state index < -0.39 is 8.40 Å². The first-order valence-corrected chi connectivity index (χ1v) is 17.1. The molecule has 5 rings (SSSR count). The Labute approximate surface area is 255 Å². The molecule has 214 valence electrons. The maximum absolute atomic E-state index is 4.43. The van der Waals surface area contributed by atoms with E-state index in [0.717, 1.165) is 0 Å². The van der Waals surface area contributed by atoms with Gasteiger partial charge in [-0.1, -0.05) is 112 Å². The van der Waals surface area contributed by atoms with Crippen LogP contribution in [0.1, 0.15) is 78.5 Å². The van der Waals surface area contributed by atoms with Gasteiger partial charge in [0.05, 0.1) is 5.92 Å². The molecule has 3 heterocycles. The van der Waals surface area contributed by atoms with E-state index in [9.17, 15) is 0 Å². The van der Waals surface area contributed by atoms with Crippen LogP contribution in [-0.4, -0.2) is 8.40 Å². The highest BCUT2D eigenvalue weighted by atomic mass is 28.2. The number of pyridine rings is 1. The molecule has 3 unspecified atom stereocenters. The van der Waals surface area contributed by atoms with E-state index in [2.05, 4.69) is 157 Å². The highest BCUT2D eigenvalue weighted by molar-refractivity contribution is 6.56. The number of aryl methyl sites for hydroxylation is 3. The predicted molar refractivity (Wildman–Crippen MR) is 182 cm³/mol. The molecule has 2 aromatic heterocycles. The van der Waals surface area contributed by atoms with Crippen molar-refractivity contribution in [2.24, 2.45) is 5.92 Å². The summed E-state index contributed by atoms with van der Waals surface area (Å²) >= 11 is 0. The maximum atomic E-state index is 4.43. The third-order valence-corrected chi connectivity index (χ3v) is 12.3. The van der Waals surface area contributed by atoms with Gasteiger partial charge < -0.3 is 0 Å². The van der Waals surface area contributed by atoms with Crippen LogP contribution in [-0.2, 0) is 0 Å². The number of allylic oxidation sites excluding steroid dienone is 4. The van der Waals surface area contributed by atoms with Gasteiger partial charge >= 0.3 is 0 Å². The molecule has 0 bridgehead atoms. The zero-order chi connectivity index (χ0) is 30.1. The largest absolute Gasteiger partial charge is 0.213 e. The monoisotopic (exact) mass is 568 g/mol. The van der Waals surface area contributed by atoms with Crippen molar-refractivity contribution < 1.29 is 4.57 Å². The second-order valence-corrected chi connectivity index (χ2v) is 15.2. The molecule has 0 saturated carbocycles. The van der Waals surface area contributed by atoms with Crippen molar-refractivity contribution in [2.75, 3.05) is 0 Å². The number of benzene rings is 2. The fourth-order valence-electron chi connectivity index (χ4n) is 7.34. The van der Waals surface area contributed by atoms with Crippen LogP contribution in [0.3, 0.4) is 0 Å². The van der Waals surface area contributed by atoms with Gasteiger partial charge in [0.1, 0.15) is 0 Å². The van der Waals surface area contributed by atoms with Gasteiger partial charge in [-0.25, -0.2) is 0 Å². The van der Waals surface area contributed by atoms with Gasteiger partial charge in [0.25, 0.3) is 0 Å². The Balaban J connectivity index is 1.84. The predicted octanol–water partition coefficient (Wildman–Crippen LogP) is 10.2. The topological polar surface area (TPSA) is 3.88 Å². The Bertz CT molecular complexity index is 1650. The average molecular weight is 569 g/mol. The van der Waals surface area contributed by atoms with Gasteiger partial charge in [-0.15, -0.1) is 0 Å². The second-order valence-electron chi connectivity index (χ2n) is 12.6. The zero-order valence-corrected chi connectivity index (χ0v) is 27.5. The summed E-state index contributed by atoms with van der Waals surface area (Å²) < 4.78 is 2.46. The molecular formula is C40H46NSi+. The Kier molecular flexibility index (Phi) is 8.75. The molecule has 1 aliphatic rings. The van der Waals surface area contributed by atoms with Gasteiger partial charge in [-0.2, -0.15) is 4.57 Å². The van der Waals surface area contributed by atoms with E-state index in [0.29, 0.717) is 17.4 Å². The quantitative estimate of drug-likeness (QED) is 0.0861. The minimum absolute atomic E-state index is 0.151. The van der Waals surface area contributed by atoms with Crippen molar-refractivity contribution in [3.8, 4) is 22.4 Å². The molecule has 2 heteroatoms. The lowest BCUT2D eigenvalue weighted by molar-refractivity contribution is -0.707. The van der Waals surface area contributed by atoms with Crippen LogP contribution in [0.25, 0.3) is 22.4 Å². The summed E-state index contributed by atoms with van der Waals surface area (Å²) in [5.74, 6) is 1.09. The van der Waals surface area contributed by atoms with Crippen molar-refractivity contribution in [3.63, 3.8) is 0 Å². The lowest BCUT2D eigenvalue weighted by Crippen LogP contribution is -2.49. The minimum atomic E-state index is -1.17. The van der Waals surface area contributed by atoms with Crippen LogP contribution >= 0.6 is 0 Å². The Hall–Kier alpha value is -3.62. The van der Waals surface area contributed by atoms with Crippen LogP contribution < -0.4 is 4.57 Å².